The summed E-state index contributed by atoms with van der Waals surface area (Å²) < 4.78 is 70.2. The van der Waals surface area contributed by atoms with E-state index in [9.17, 15) is 21.6 Å². The first-order valence-electron chi connectivity index (χ1n) is 6.23. The van der Waals surface area contributed by atoms with Gasteiger partial charge in [-0.05, 0) is 24.1 Å². The third-order valence-corrected chi connectivity index (χ3v) is 5.27. The Morgan fingerprint density at radius 2 is 1.77 bits per heavy atom. The standard InChI is InChI=1S/C13H16BrF3O3S2/c1-12(2,3)21-11-8(6-7-22(18,19)20)10(14)5-4-9(11)13(15,16)17/h4-5H,6-7H2,1-3H3,(H,18,19,20). The van der Waals surface area contributed by atoms with Crippen LogP contribution in [0, 0.1) is 0 Å². The Morgan fingerprint density at radius 3 is 2.18 bits per heavy atom. The molecule has 0 aromatic heterocycles. The van der Waals surface area contributed by atoms with Crippen LogP contribution in [0.4, 0.5) is 13.2 Å². The van der Waals surface area contributed by atoms with Crippen LogP contribution in [0.2, 0.25) is 0 Å². The van der Waals surface area contributed by atoms with Crippen molar-refractivity contribution >= 4 is 37.8 Å². The summed E-state index contributed by atoms with van der Waals surface area (Å²) in [5.41, 5.74) is -0.576. The van der Waals surface area contributed by atoms with Gasteiger partial charge in [0.2, 0.25) is 0 Å². The average molecular weight is 421 g/mol. The van der Waals surface area contributed by atoms with E-state index in [1.54, 1.807) is 20.8 Å². The highest BCUT2D eigenvalue weighted by atomic mass is 79.9. The van der Waals surface area contributed by atoms with Gasteiger partial charge in [-0.25, -0.2) is 0 Å². The van der Waals surface area contributed by atoms with Gasteiger partial charge >= 0.3 is 6.18 Å². The van der Waals surface area contributed by atoms with Crippen molar-refractivity contribution in [2.75, 3.05) is 5.75 Å². The van der Waals surface area contributed by atoms with Gasteiger partial charge in [0.1, 0.15) is 0 Å². The Morgan fingerprint density at radius 1 is 1.23 bits per heavy atom. The predicted molar refractivity (Wildman–Crippen MR) is 84.9 cm³/mol. The first-order valence-corrected chi connectivity index (χ1v) is 9.45. The minimum atomic E-state index is -4.54. The Bertz CT molecular complexity index is 650. The molecule has 0 unspecified atom stereocenters. The number of rotatable bonds is 4. The number of alkyl halides is 3. The zero-order valence-corrected chi connectivity index (χ0v) is 15.4. The maximum absolute atomic E-state index is 13.2. The van der Waals surface area contributed by atoms with Crippen LogP contribution in [0.3, 0.4) is 0 Å². The molecule has 0 radical (unpaired) electrons. The Balaban J connectivity index is 3.45. The summed E-state index contributed by atoms with van der Waals surface area (Å²) in [6.07, 6.45) is -4.75. The number of benzene rings is 1. The van der Waals surface area contributed by atoms with Gasteiger partial charge in [-0.15, -0.1) is 11.8 Å². The van der Waals surface area contributed by atoms with Gasteiger partial charge in [0, 0.05) is 14.1 Å². The molecule has 0 amide bonds. The van der Waals surface area contributed by atoms with Gasteiger partial charge < -0.3 is 0 Å². The molecular weight excluding hydrogens is 405 g/mol. The van der Waals surface area contributed by atoms with E-state index < -0.39 is 32.4 Å². The molecule has 0 saturated carbocycles. The first-order chi connectivity index (χ1) is 9.71. The van der Waals surface area contributed by atoms with Crippen LogP contribution in [0.5, 0.6) is 0 Å². The van der Waals surface area contributed by atoms with Crippen LogP contribution in [0.15, 0.2) is 21.5 Å². The maximum Gasteiger partial charge on any atom is 0.417 e. The third-order valence-electron chi connectivity index (χ3n) is 2.53. The third kappa shape index (κ3) is 6.10. The van der Waals surface area contributed by atoms with E-state index in [-0.39, 0.29) is 16.9 Å². The fourth-order valence-corrected chi connectivity index (χ4v) is 4.08. The SMILES string of the molecule is CC(C)(C)Sc1c(C(F)(F)F)ccc(Br)c1CCS(=O)(=O)O. The lowest BCUT2D eigenvalue weighted by atomic mass is 10.1. The maximum atomic E-state index is 13.2. The minimum Gasteiger partial charge on any atom is -0.286 e. The van der Waals surface area contributed by atoms with E-state index in [1.165, 1.54) is 6.07 Å². The fourth-order valence-electron chi connectivity index (χ4n) is 1.71. The molecule has 9 heteroatoms. The lowest BCUT2D eigenvalue weighted by Crippen LogP contribution is -2.15. The van der Waals surface area contributed by atoms with Crippen molar-refractivity contribution in [1.82, 2.24) is 0 Å². The van der Waals surface area contributed by atoms with Crippen LogP contribution in [0.1, 0.15) is 31.9 Å². The largest absolute Gasteiger partial charge is 0.417 e. The molecule has 0 aliphatic carbocycles. The lowest BCUT2D eigenvalue weighted by Gasteiger charge is -2.24. The highest BCUT2D eigenvalue weighted by Crippen LogP contribution is 2.45. The van der Waals surface area contributed by atoms with Crippen LogP contribution in [-0.4, -0.2) is 23.5 Å². The van der Waals surface area contributed by atoms with Gasteiger partial charge in [0.25, 0.3) is 10.1 Å². The normalized spacial score (nSPS) is 13.5. The predicted octanol–water partition coefficient (Wildman–Crippen LogP) is 4.79. The molecule has 126 valence electrons. The summed E-state index contributed by atoms with van der Waals surface area (Å²) in [6.45, 7) is 5.31. The van der Waals surface area contributed by atoms with Crippen LogP contribution >= 0.6 is 27.7 Å². The number of hydrogen-bond acceptors (Lipinski definition) is 3. The monoisotopic (exact) mass is 420 g/mol. The van der Waals surface area contributed by atoms with Crippen molar-refractivity contribution in [1.29, 1.82) is 0 Å². The molecule has 0 aliphatic rings. The van der Waals surface area contributed by atoms with Gasteiger partial charge in [0.05, 0.1) is 11.3 Å². The second-order valence-corrected chi connectivity index (χ2v) is 9.91. The molecule has 0 saturated heterocycles. The van der Waals surface area contributed by atoms with Crippen LogP contribution in [0.25, 0.3) is 0 Å². The molecule has 0 atom stereocenters. The van der Waals surface area contributed by atoms with E-state index in [1.807, 2.05) is 0 Å². The molecule has 0 fully saturated rings. The molecule has 1 N–H and O–H groups in total. The molecular formula is C13H16BrF3O3S2. The number of thioether (sulfide) groups is 1. The second kappa shape index (κ2) is 6.70. The van der Waals surface area contributed by atoms with Gasteiger partial charge in [-0.3, -0.25) is 4.55 Å². The minimum absolute atomic E-state index is 0.0157. The molecule has 0 aliphatic heterocycles. The van der Waals surface area contributed by atoms with Gasteiger partial charge in [-0.2, -0.15) is 21.6 Å². The van der Waals surface area contributed by atoms with Crippen molar-refractivity contribution < 1.29 is 26.1 Å². The van der Waals surface area contributed by atoms with E-state index in [0.29, 0.717) is 4.47 Å². The lowest BCUT2D eigenvalue weighted by molar-refractivity contribution is -0.139. The zero-order chi connectivity index (χ0) is 17.3. The van der Waals surface area contributed by atoms with Crippen molar-refractivity contribution in [3.63, 3.8) is 0 Å². The quantitative estimate of drug-likeness (QED) is 0.561. The first kappa shape index (κ1) is 19.8. The molecule has 1 aromatic carbocycles. The topological polar surface area (TPSA) is 54.4 Å². The Hall–Kier alpha value is -0.250. The van der Waals surface area contributed by atoms with E-state index in [4.69, 9.17) is 4.55 Å². The van der Waals surface area contributed by atoms with E-state index >= 15 is 0 Å². The van der Waals surface area contributed by atoms with Crippen molar-refractivity contribution in [2.45, 2.75) is 43.0 Å². The summed E-state index contributed by atoms with van der Waals surface area (Å²) in [4.78, 5) is -0.0157. The molecule has 0 bridgehead atoms. The second-order valence-electron chi connectivity index (χ2n) is 5.65. The number of hydrogen-bond donors (Lipinski definition) is 1. The number of halogens is 4. The molecule has 0 spiro atoms. The van der Waals surface area contributed by atoms with Crippen LogP contribution in [-0.2, 0) is 22.7 Å². The zero-order valence-electron chi connectivity index (χ0n) is 12.2. The highest BCUT2D eigenvalue weighted by molar-refractivity contribution is 9.10. The summed E-state index contributed by atoms with van der Waals surface area (Å²) in [5, 5.41) is 0. The molecule has 1 aromatic rings. The molecule has 1 rings (SSSR count). The smallest absolute Gasteiger partial charge is 0.286 e. The van der Waals surface area contributed by atoms with E-state index in [0.717, 1.165) is 17.8 Å². The summed E-state index contributed by atoms with van der Waals surface area (Å²) in [5.74, 6) is -0.634. The molecule has 22 heavy (non-hydrogen) atoms. The van der Waals surface area contributed by atoms with Crippen LogP contribution < -0.4 is 0 Å². The Labute approximate surface area is 140 Å². The summed E-state index contributed by atoms with van der Waals surface area (Å²) in [7, 11) is -4.26. The molecule has 3 nitrogen and oxygen atoms in total. The van der Waals surface area contributed by atoms with Gasteiger partial charge in [-0.1, -0.05) is 36.7 Å². The van der Waals surface area contributed by atoms with Crippen molar-refractivity contribution in [2.24, 2.45) is 0 Å². The average Bonchev–Trinajstić information content (AvgIpc) is 2.22. The summed E-state index contributed by atoms with van der Waals surface area (Å²) in [6, 6.07) is 2.21. The highest BCUT2D eigenvalue weighted by Gasteiger charge is 2.36. The van der Waals surface area contributed by atoms with E-state index in [2.05, 4.69) is 15.9 Å². The van der Waals surface area contributed by atoms with Gasteiger partial charge in [0.15, 0.2) is 0 Å². The fraction of sp³-hybridized carbons (Fsp3) is 0.538. The summed E-state index contributed by atoms with van der Waals surface area (Å²) >= 11 is 4.19. The molecule has 0 heterocycles. The van der Waals surface area contributed by atoms with Crippen molar-refractivity contribution in [3.8, 4) is 0 Å². The Kier molecular flexibility index (Phi) is 6.03. The van der Waals surface area contributed by atoms with Crippen molar-refractivity contribution in [3.05, 3.63) is 27.7 Å².